The molecule has 0 aromatic heterocycles. The predicted octanol–water partition coefficient (Wildman–Crippen LogP) is -0.0702. The molecular formula is C14H20N4O. The maximum absolute atomic E-state index is 12.4. The quantitative estimate of drug-likeness (QED) is 0.614. The summed E-state index contributed by atoms with van der Waals surface area (Å²) in [7, 11) is 0. The van der Waals surface area contributed by atoms with Crippen LogP contribution in [-0.2, 0) is 4.79 Å². The fourth-order valence-corrected chi connectivity index (χ4v) is 2.80. The predicted molar refractivity (Wildman–Crippen MR) is 73.2 cm³/mol. The molecule has 0 radical (unpaired) electrons. The maximum atomic E-state index is 12.4. The second-order valence-electron chi connectivity index (χ2n) is 5.22. The molecule has 1 aromatic rings. The summed E-state index contributed by atoms with van der Waals surface area (Å²) in [6, 6.07) is 10.5. The van der Waals surface area contributed by atoms with Crippen molar-refractivity contribution < 1.29 is 4.79 Å². The average molecular weight is 260 g/mol. The lowest BCUT2D eigenvalue weighted by Crippen LogP contribution is -2.42. The van der Waals surface area contributed by atoms with Crippen molar-refractivity contribution in [2.24, 2.45) is 5.92 Å². The van der Waals surface area contributed by atoms with E-state index in [1.807, 2.05) is 18.2 Å². The van der Waals surface area contributed by atoms with Gasteiger partial charge in [0.05, 0.1) is 12.0 Å². The lowest BCUT2D eigenvalue weighted by atomic mass is 9.94. The molecule has 2 aliphatic rings. The number of rotatable bonds is 3. The summed E-state index contributed by atoms with van der Waals surface area (Å²) < 4.78 is 0. The monoisotopic (exact) mass is 260 g/mol. The fourth-order valence-electron chi connectivity index (χ4n) is 2.80. The number of carbonyl (C=O) groups is 1. The molecule has 3 rings (SSSR count). The van der Waals surface area contributed by atoms with Crippen LogP contribution in [-0.4, -0.2) is 31.6 Å². The van der Waals surface area contributed by atoms with Gasteiger partial charge in [-0.15, -0.1) is 0 Å². The molecule has 1 amide bonds. The van der Waals surface area contributed by atoms with Crippen molar-refractivity contribution in [3.8, 4) is 0 Å². The van der Waals surface area contributed by atoms with E-state index in [0.29, 0.717) is 6.54 Å². The highest BCUT2D eigenvalue weighted by Gasteiger charge is 2.34. The van der Waals surface area contributed by atoms with Crippen LogP contribution in [0.1, 0.15) is 18.0 Å². The van der Waals surface area contributed by atoms with Gasteiger partial charge in [0, 0.05) is 19.1 Å². The Morgan fingerprint density at radius 3 is 2.79 bits per heavy atom. The van der Waals surface area contributed by atoms with E-state index < -0.39 is 0 Å². The van der Waals surface area contributed by atoms with Crippen LogP contribution in [0.25, 0.3) is 0 Å². The third kappa shape index (κ3) is 2.78. The SMILES string of the molecule is O=C(N[C@@H]1CCNC1)C1CNNC1c1ccccc1. The molecule has 2 unspecified atom stereocenters. The molecule has 0 saturated carbocycles. The first-order valence-corrected chi connectivity index (χ1v) is 6.89. The number of amides is 1. The van der Waals surface area contributed by atoms with E-state index in [0.717, 1.165) is 25.1 Å². The summed E-state index contributed by atoms with van der Waals surface area (Å²) in [5.74, 6) is 0.0862. The smallest absolute Gasteiger partial charge is 0.226 e. The van der Waals surface area contributed by atoms with Gasteiger partial charge in [0.15, 0.2) is 0 Å². The first kappa shape index (κ1) is 12.6. The van der Waals surface area contributed by atoms with Crippen LogP contribution in [0.4, 0.5) is 0 Å². The van der Waals surface area contributed by atoms with Gasteiger partial charge in [-0.05, 0) is 18.5 Å². The van der Waals surface area contributed by atoms with Gasteiger partial charge in [-0.1, -0.05) is 30.3 Å². The zero-order valence-electron chi connectivity index (χ0n) is 10.9. The summed E-state index contributed by atoms with van der Waals surface area (Å²) >= 11 is 0. The Hall–Kier alpha value is -1.43. The molecule has 102 valence electrons. The van der Waals surface area contributed by atoms with Crippen molar-refractivity contribution in [1.29, 1.82) is 0 Å². The van der Waals surface area contributed by atoms with Gasteiger partial charge >= 0.3 is 0 Å². The molecule has 2 aliphatic heterocycles. The van der Waals surface area contributed by atoms with Crippen LogP contribution in [0.3, 0.4) is 0 Å². The minimum absolute atomic E-state index is 0.0514. The number of hydrazine groups is 1. The normalized spacial score (nSPS) is 30.4. The third-order valence-electron chi connectivity index (χ3n) is 3.88. The molecule has 2 fully saturated rings. The third-order valence-corrected chi connectivity index (χ3v) is 3.88. The van der Waals surface area contributed by atoms with Gasteiger partial charge < -0.3 is 10.6 Å². The van der Waals surface area contributed by atoms with Crippen LogP contribution < -0.4 is 21.5 Å². The molecule has 2 saturated heterocycles. The van der Waals surface area contributed by atoms with Crippen molar-refractivity contribution in [3.63, 3.8) is 0 Å². The fraction of sp³-hybridized carbons (Fsp3) is 0.500. The Kier molecular flexibility index (Phi) is 3.77. The standard InChI is InChI=1S/C14H20N4O/c19-14(17-11-6-7-15-8-11)12-9-16-18-13(12)10-4-2-1-3-5-10/h1-5,11-13,15-16,18H,6-9H2,(H,17,19)/t11-,12?,13?/m1/s1. The molecule has 19 heavy (non-hydrogen) atoms. The highest BCUT2D eigenvalue weighted by molar-refractivity contribution is 5.80. The molecule has 5 heteroatoms. The van der Waals surface area contributed by atoms with Crippen LogP contribution in [0.15, 0.2) is 30.3 Å². The summed E-state index contributed by atoms with van der Waals surface area (Å²) in [5.41, 5.74) is 7.45. The van der Waals surface area contributed by atoms with E-state index in [1.165, 1.54) is 0 Å². The van der Waals surface area contributed by atoms with Gasteiger partial charge in [-0.2, -0.15) is 0 Å². The summed E-state index contributed by atoms with van der Waals surface area (Å²) in [6.07, 6.45) is 1.02. The van der Waals surface area contributed by atoms with Gasteiger partial charge in [0.2, 0.25) is 5.91 Å². The Bertz CT molecular complexity index is 430. The minimum Gasteiger partial charge on any atom is -0.352 e. The minimum atomic E-state index is -0.0528. The highest BCUT2D eigenvalue weighted by Crippen LogP contribution is 2.24. The van der Waals surface area contributed by atoms with Gasteiger partial charge in [0.25, 0.3) is 0 Å². The van der Waals surface area contributed by atoms with Crippen LogP contribution in [0, 0.1) is 5.92 Å². The number of hydrogen-bond donors (Lipinski definition) is 4. The van der Waals surface area contributed by atoms with E-state index >= 15 is 0 Å². The number of hydrogen-bond acceptors (Lipinski definition) is 4. The van der Waals surface area contributed by atoms with Crippen molar-refractivity contribution in [2.45, 2.75) is 18.5 Å². The molecule has 4 N–H and O–H groups in total. The Labute approximate surface area is 113 Å². The Balaban J connectivity index is 1.67. The van der Waals surface area contributed by atoms with Gasteiger partial charge in [0.1, 0.15) is 0 Å². The maximum Gasteiger partial charge on any atom is 0.226 e. The van der Waals surface area contributed by atoms with E-state index in [-0.39, 0.29) is 23.9 Å². The first-order chi connectivity index (χ1) is 9.34. The topological polar surface area (TPSA) is 65.2 Å². The molecular weight excluding hydrogens is 240 g/mol. The van der Waals surface area contributed by atoms with Crippen molar-refractivity contribution in [3.05, 3.63) is 35.9 Å². The lowest BCUT2D eigenvalue weighted by molar-refractivity contribution is -0.125. The molecule has 0 bridgehead atoms. The number of benzene rings is 1. The number of nitrogens with one attached hydrogen (secondary N) is 4. The lowest BCUT2D eigenvalue weighted by Gasteiger charge is -2.20. The molecule has 0 spiro atoms. The molecule has 2 heterocycles. The van der Waals surface area contributed by atoms with Crippen molar-refractivity contribution in [2.75, 3.05) is 19.6 Å². The highest BCUT2D eigenvalue weighted by atomic mass is 16.2. The first-order valence-electron chi connectivity index (χ1n) is 6.89. The molecule has 0 aliphatic carbocycles. The van der Waals surface area contributed by atoms with Gasteiger partial charge in [-0.3, -0.25) is 10.2 Å². The van der Waals surface area contributed by atoms with Gasteiger partial charge in [-0.25, -0.2) is 5.43 Å². The van der Waals surface area contributed by atoms with Crippen LogP contribution >= 0.6 is 0 Å². The second-order valence-corrected chi connectivity index (χ2v) is 5.22. The van der Waals surface area contributed by atoms with Crippen LogP contribution in [0.2, 0.25) is 0 Å². The average Bonchev–Trinajstić information content (AvgIpc) is 3.10. The zero-order valence-corrected chi connectivity index (χ0v) is 10.9. The molecule has 3 atom stereocenters. The second kappa shape index (κ2) is 5.69. The van der Waals surface area contributed by atoms with E-state index in [2.05, 4.69) is 33.6 Å². The Morgan fingerprint density at radius 2 is 2.05 bits per heavy atom. The van der Waals surface area contributed by atoms with Crippen molar-refractivity contribution in [1.82, 2.24) is 21.5 Å². The summed E-state index contributed by atoms with van der Waals surface area (Å²) in [5, 5.41) is 6.40. The number of carbonyl (C=O) groups excluding carboxylic acids is 1. The molecule has 1 aromatic carbocycles. The molecule has 5 nitrogen and oxygen atoms in total. The zero-order chi connectivity index (χ0) is 13.1. The van der Waals surface area contributed by atoms with E-state index in [1.54, 1.807) is 0 Å². The van der Waals surface area contributed by atoms with Crippen LogP contribution in [0.5, 0.6) is 0 Å². The largest absolute Gasteiger partial charge is 0.352 e. The Morgan fingerprint density at radius 1 is 1.21 bits per heavy atom. The summed E-state index contributed by atoms with van der Waals surface area (Å²) in [4.78, 5) is 12.4. The summed E-state index contributed by atoms with van der Waals surface area (Å²) in [6.45, 7) is 2.55. The van der Waals surface area contributed by atoms with Crippen molar-refractivity contribution >= 4 is 5.91 Å². The van der Waals surface area contributed by atoms with E-state index in [4.69, 9.17) is 0 Å². The van der Waals surface area contributed by atoms with E-state index in [9.17, 15) is 4.79 Å².